The number of rotatable bonds is 0. The van der Waals surface area contributed by atoms with Crippen LogP contribution in [0.3, 0.4) is 0 Å². The summed E-state index contributed by atoms with van der Waals surface area (Å²) in [5.74, 6) is 0. The van der Waals surface area contributed by atoms with Crippen molar-refractivity contribution < 1.29 is 10.1 Å². The van der Waals surface area contributed by atoms with Crippen molar-refractivity contribution in [3.8, 4) is 0 Å². The Morgan fingerprint density at radius 1 is 1.00 bits per heavy atom. The van der Waals surface area contributed by atoms with Gasteiger partial charge in [-0.3, -0.25) is 0 Å². The van der Waals surface area contributed by atoms with Crippen molar-refractivity contribution in [1.82, 2.24) is 0 Å². The second kappa shape index (κ2) is 5.24. The van der Waals surface area contributed by atoms with Crippen LogP contribution in [-0.2, 0) is 10.1 Å². The van der Waals surface area contributed by atoms with E-state index in [9.17, 15) is 0 Å². The van der Waals surface area contributed by atoms with Crippen LogP contribution < -0.4 is 0 Å². The van der Waals surface area contributed by atoms with Crippen molar-refractivity contribution in [3.63, 3.8) is 0 Å². The van der Waals surface area contributed by atoms with Gasteiger partial charge in [0.1, 0.15) is 0 Å². The van der Waals surface area contributed by atoms with Crippen LogP contribution in [0.15, 0.2) is 0 Å². The molecule has 31 valence electrons. The molecule has 0 bridgehead atoms. The van der Waals surface area contributed by atoms with Crippen LogP contribution in [-0.4, -0.2) is 0 Å². The molecule has 0 unspecified atom stereocenters. The molecule has 0 aliphatic carbocycles. The quantitative estimate of drug-likeness (QED) is 0.538. The van der Waals surface area contributed by atoms with Gasteiger partial charge in [-0.05, 0) is 0 Å². The molecule has 4 heteroatoms. The molecule has 0 saturated heterocycles. The van der Waals surface area contributed by atoms with Gasteiger partial charge in [-0.2, -0.15) is 0 Å². The summed E-state index contributed by atoms with van der Waals surface area (Å²) in [5.41, 5.74) is 0. The molecule has 0 aromatic heterocycles. The van der Waals surface area contributed by atoms with Gasteiger partial charge in [-0.15, -0.1) is 0 Å². The summed E-state index contributed by atoms with van der Waals surface area (Å²) < 4.78 is 0. The van der Waals surface area contributed by atoms with Crippen molar-refractivity contribution in [1.29, 1.82) is 0 Å². The number of hydrogen-bond acceptors (Lipinski definition) is 3. The molecule has 0 aromatic rings. The van der Waals surface area contributed by atoms with Crippen molar-refractivity contribution in [2.45, 2.75) is 7.43 Å². The molecule has 0 aliphatic rings. The van der Waals surface area contributed by atoms with Gasteiger partial charge in [0.2, 0.25) is 0 Å². The third kappa shape index (κ3) is 35.6. The van der Waals surface area contributed by atoms with Gasteiger partial charge in [0.15, 0.2) is 0 Å². The monoisotopic (exact) mass is 163 g/mol. The minimum absolute atomic E-state index is 0. The Balaban J connectivity index is 0. The molecule has 0 amide bonds. The Morgan fingerprint density at radius 3 is 1.00 bits per heavy atom. The summed E-state index contributed by atoms with van der Waals surface area (Å²) in [6, 6.07) is 0. The third-order valence-electron chi connectivity index (χ3n) is 0. The molecule has 0 radical (unpaired) electrons. The predicted molar refractivity (Wildman–Crippen MR) is 29.5 cm³/mol. The molecule has 0 aromatic carbocycles. The summed E-state index contributed by atoms with van der Waals surface area (Å²) in [6.45, 7) is 0. The van der Waals surface area contributed by atoms with E-state index in [1.165, 1.54) is 0 Å². The average Bonchev–Trinajstić information content (AvgIpc) is 0.811. The van der Waals surface area contributed by atoms with Gasteiger partial charge in [-0.1, -0.05) is 7.43 Å². The van der Waals surface area contributed by atoms with Crippen molar-refractivity contribution in [3.05, 3.63) is 0 Å². The Hall–Kier alpha value is 1.24. The molecule has 0 spiro atoms. The van der Waals surface area contributed by atoms with Gasteiger partial charge >= 0.3 is 40.9 Å². The summed E-state index contributed by atoms with van der Waals surface area (Å²) in [6.07, 6.45) is 0. The van der Waals surface area contributed by atoms with E-state index < -0.39 is 10.1 Å². The Kier molecular flexibility index (Phi) is 10.00. The van der Waals surface area contributed by atoms with E-state index in [-0.39, 0.29) is 7.43 Å². The van der Waals surface area contributed by atoms with Crippen molar-refractivity contribution >= 4 is 30.8 Å². The van der Waals surface area contributed by atoms with Crippen molar-refractivity contribution in [2.75, 3.05) is 0 Å². The van der Waals surface area contributed by atoms with Gasteiger partial charge in [0.05, 0.1) is 0 Å². The normalized spacial score (nSPS) is 4.80. The first-order valence-electron chi connectivity index (χ1n) is 0.548. The van der Waals surface area contributed by atoms with Crippen LogP contribution in [0.4, 0.5) is 0 Å². The van der Waals surface area contributed by atoms with E-state index in [1.807, 2.05) is 0 Å². The zero-order valence-corrected chi connectivity index (χ0v) is 5.52. The molecule has 0 rings (SSSR count). The van der Waals surface area contributed by atoms with E-state index in [1.54, 1.807) is 0 Å². The van der Waals surface area contributed by atoms with Crippen LogP contribution in [0.25, 0.3) is 0 Å². The fraction of sp³-hybridized carbons (Fsp3) is 1.00. The van der Waals surface area contributed by atoms with Gasteiger partial charge in [0.25, 0.3) is 0 Å². The molecule has 0 saturated carbocycles. The fourth-order valence-corrected chi connectivity index (χ4v) is 0. The zero-order chi connectivity index (χ0) is 3.58. The van der Waals surface area contributed by atoms with E-state index in [4.69, 9.17) is 0 Å². The van der Waals surface area contributed by atoms with Crippen LogP contribution in [0.5, 0.6) is 0 Å². The topological polar surface area (TPSA) is 0 Å². The van der Waals surface area contributed by atoms with Crippen LogP contribution in [0, 0.1) is 0 Å². The standard InChI is InChI=1S/CH4.3S.V/h1H4;;;;. The predicted octanol–water partition coefficient (Wildman–Crippen LogP) is 2.58. The van der Waals surface area contributed by atoms with Gasteiger partial charge in [-0.25, -0.2) is 0 Å². The van der Waals surface area contributed by atoms with Crippen molar-refractivity contribution in [2.24, 2.45) is 0 Å². The minimum atomic E-state index is -1.44. The van der Waals surface area contributed by atoms with Gasteiger partial charge in [0, 0.05) is 0 Å². The average molecular weight is 163 g/mol. The summed E-state index contributed by atoms with van der Waals surface area (Å²) in [7, 11) is 11.8. The molecule has 0 fully saturated rings. The summed E-state index contributed by atoms with van der Waals surface area (Å²) >= 11 is 0. The maximum atomic E-state index is 4.40. The molecule has 0 N–H and O–H groups in total. The second-order valence-electron chi connectivity index (χ2n) is 0.224. The second-order valence-corrected chi connectivity index (χ2v) is 8.30. The van der Waals surface area contributed by atoms with Crippen LogP contribution >= 0.6 is 30.8 Å². The SMILES string of the molecule is C.[S]=[V](=[S])=[S]. The van der Waals surface area contributed by atoms with Crippen LogP contribution in [0.1, 0.15) is 7.43 Å². The molecule has 0 nitrogen and oxygen atoms in total. The van der Waals surface area contributed by atoms with E-state index in [0.717, 1.165) is 0 Å². The zero-order valence-electron chi connectivity index (χ0n) is 1.67. The summed E-state index contributed by atoms with van der Waals surface area (Å²) in [4.78, 5) is 0. The van der Waals surface area contributed by atoms with Gasteiger partial charge < -0.3 is 0 Å². The Bertz CT molecular complexity index is 76.3. The van der Waals surface area contributed by atoms with E-state index in [2.05, 4.69) is 30.8 Å². The maximum absolute atomic E-state index is 4.40. The number of hydrogen-bond donors (Lipinski definition) is 0. The first-order chi connectivity index (χ1) is 1.73. The molecule has 0 heterocycles. The molecule has 5 heavy (non-hydrogen) atoms. The molecule has 0 aliphatic heterocycles. The Morgan fingerprint density at radius 2 is 1.00 bits per heavy atom. The first kappa shape index (κ1) is 9.53. The van der Waals surface area contributed by atoms with Crippen LogP contribution in [0.2, 0.25) is 0 Å². The Labute approximate surface area is 48.2 Å². The molecular weight excluding hydrogens is 159 g/mol. The molecular formula is CH4S3V. The van der Waals surface area contributed by atoms with E-state index >= 15 is 0 Å². The molecule has 0 atom stereocenters. The first-order valence-corrected chi connectivity index (χ1v) is 6.77. The van der Waals surface area contributed by atoms with E-state index in [0.29, 0.717) is 0 Å². The third-order valence-corrected chi connectivity index (χ3v) is 0. The fourth-order valence-electron chi connectivity index (χ4n) is 0. The summed E-state index contributed by atoms with van der Waals surface area (Å²) in [5, 5.41) is 0.